The fourth-order valence-electron chi connectivity index (χ4n) is 1.40. The van der Waals surface area contributed by atoms with Crippen molar-refractivity contribution in [2.75, 3.05) is 0 Å². The molecule has 2 nitrogen and oxygen atoms in total. The Kier molecular flexibility index (Phi) is 3.16. The molecule has 1 aromatic heterocycles. The number of aromatic nitrogens is 1. The van der Waals surface area contributed by atoms with Crippen LogP contribution in [-0.2, 0) is 6.18 Å². The van der Waals surface area contributed by atoms with E-state index in [-0.39, 0.29) is 15.4 Å². The molecule has 2 aromatic rings. The number of aldehydes is 1. The van der Waals surface area contributed by atoms with Crippen LogP contribution in [0.3, 0.4) is 0 Å². The summed E-state index contributed by atoms with van der Waals surface area (Å²) in [5, 5.41) is 0.0319. The molecule has 0 saturated carbocycles. The molecule has 2 rings (SSSR count). The van der Waals surface area contributed by atoms with Gasteiger partial charge in [0.25, 0.3) is 0 Å². The van der Waals surface area contributed by atoms with Gasteiger partial charge in [-0.25, -0.2) is 9.37 Å². The molecule has 1 heterocycles. The van der Waals surface area contributed by atoms with Crippen molar-refractivity contribution in [3.8, 4) is 10.6 Å². The van der Waals surface area contributed by atoms with E-state index < -0.39 is 17.6 Å². The minimum atomic E-state index is -4.68. The van der Waals surface area contributed by atoms with Crippen molar-refractivity contribution in [3.05, 3.63) is 40.7 Å². The van der Waals surface area contributed by atoms with Crippen LogP contribution < -0.4 is 0 Å². The summed E-state index contributed by atoms with van der Waals surface area (Å²) in [6, 6.07) is 2.34. The number of rotatable bonds is 2. The maximum absolute atomic E-state index is 12.9. The number of halogens is 4. The van der Waals surface area contributed by atoms with Crippen LogP contribution in [0, 0.1) is 5.82 Å². The average molecular weight is 275 g/mol. The van der Waals surface area contributed by atoms with E-state index in [0.29, 0.717) is 12.4 Å². The molecule has 0 bridgehead atoms. The Labute approximate surface area is 103 Å². The third kappa shape index (κ3) is 2.40. The summed E-state index contributed by atoms with van der Waals surface area (Å²) in [6.07, 6.45) is -3.00. The van der Waals surface area contributed by atoms with Crippen molar-refractivity contribution in [3.63, 3.8) is 0 Å². The summed E-state index contributed by atoms with van der Waals surface area (Å²) in [6.45, 7) is 0. The first-order valence-electron chi connectivity index (χ1n) is 4.70. The van der Waals surface area contributed by atoms with Crippen LogP contribution in [0.1, 0.15) is 15.2 Å². The SMILES string of the molecule is O=Cc1cnc(-c2ccc(F)cc2C(F)(F)F)s1. The molecule has 94 valence electrons. The quantitative estimate of drug-likeness (QED) is 0.616. The summed E-state index contributed by atoms with van der Waals surface area (Å²) in [5.41, 5.74) is -1.34. The predicted octanol–water partition coefficient (Wildman–Crippen LogP) is 3.78. The van der Waals surface area contributed by atoms with Crippen LogP contribution in [0.25, 0.3) is 10.6 Å². The highest BCUT2D eigenvalue weighted by Crippen LogP contribution is 2.38. The van der Waals surface area contributed by atoms with E-state index in [2.05, 4.69) is 4.98 Å². The molecular weight excluding hydrogens is 270 g/mol. The molecule has 0 aliphatic heterocycles. The largest absolute Gasteiger partial charge is 0.417 e. The zero-order valence-electron chi connectivity index (χ0n) is 8.66. The second-order valence-corrected chi connectivity index (χ2v) is 4.44. The van der Waals surface area contributed by atoms with Gasteiger partial charge >= 0.3 is 6.18 Å². The number of hydrogen-bond acceptors (Lipinski definition) is 3. The van der Waals surface area contributed by atoms with Gasteiger partial charge in [-0.05, 0) is 18.2 Å². The second-order valence-electron chi connectivity index (χ2n) is 3.37. The van der Waals surface area contributed by atoms with Crippen molar-refractivity contribution in [2.24, 2.45) is 0 Å². The Hall–Kier alpha value is -1.76. The van der Waals surface area contributed by atoms with Crippen molar-refractivity contribution >= 4 is 17.6 Å². The lowest BCUT2D eigenvalue weighted by atomic mass is 10.1. The number of benzene rings is 1. The molecule has 18 heavy (non-hydrogen) atoms. The fourth-order valence-corrected chi connectivity index (χ4v) is 2.17. The highest BCUT2D eigenvalue weighted by Gasteiger charge is 2.34. The number of carbonyl (C=O) groups is 1. The molecule has 0 spiro atoms. The minimum absolute atomic E-state index is 0.0319. The van der Waals surface area contributed by atoms with Crippen LogP contribution in [0.5, 0.6) is 0 Å². The molecule has 0 N–H and O–H groups in total. The van der Waals surface area contributed by atoms with Crippen LogP contribution in [0.15, 0.2) is 24.4 Å². The first-order chi connectivity index (χ1) is 8.41. The second kappa shape index (κ2) is 4.49. The maximum atomic E-state index is 12.9. The number of hydrogen-bond donors (Lipinski definition) is 0. The van der Waals surface area contributed by atoms with Crippen LogP contribution >= 0.6 is 11.3 Å². The lowest BCUT2D eigenvalue weighted by molar-refractivity contribution is -0.137. The van der Waals surface area contributed by atoms with Crippen LogP contribution in [0.2, 0.25) is 0 Å². The predicted molar refractivity (Wildman–Crippen MR) is 57.9 cm³/mol. The van der Waals surface area contributed by atoms with Gasteiger partial charge in [0.15, 0.2) is 6.29 Å². The van der Waals surface area contributed by atoms with Crippen molar-refractivity contribution in [1.29, 1.82) is 0 Å². The highest BCUT2D eigenvalue weighted by molar-refractivity contribution is 7.16. The van der Waals surface area contributed by atoms with Crippen LogP contribution in [0.4, 0.5) is 17.6 Å². The standard InChI is InChI=1S/C11H5F4NOS/c12-6-1-2-8(9(3-6)11(13,14)15)10-16-4-7(5-17)18-10/h1-5H. The van der Waals surface area contributed by atoms with E-state index >= 15 is 0 Å². The summed E-state index contributed by atoms with van der Waals surface area (Å²) in [7, 11) is 0. The molecular formula is C11H5F4NOS. The van der Waals surface area contributed by atoms with Crippen LogP contribution in [-0.4, -0.2) is 11.3 Å². The molecule has 7 heteroatoms. The Balaban J connectivity index is 2.60. The fraction of sp³-hybridized carbons (Fsp3) is 0.0909. The van der Waals surface area contributed by atoms with Gasteiger partial charge in [-0.3, -0.25) is 4.79 Å². The zero-order chi connectivity index (χ0) is 13.3. The minimum Gasteiger partial charge on any atom is -0.297 e. The number of carbonyl (C=O) groups excluding carboxylic acids is 1. The molecule has 0 radical (unpaired) electrons. The third-order valence-electron chi connectivity index (χ3n) is 2.16. The number of nitrogens with zero attached hydrogens (tertiary/aromatic N) is 1. The first kappa shape index (κ1) is 12.7. The molecule has 0 atom stereocenters. The number of thiazole rings is 1. The summed E-state index contributed by atoms with van der Waals surface area (Å²) < 4.78 is 51.1. The van der Waals surface area contributed by atoms with Gasteiger partial charge in [-0.1, -0.05) is 0 Å². The molecule has 0 aliphatic rings. The molecule has 1 aromatic carbocycles. The Morgan fingerprint density at radius 3 is 2.56 bits per heavy atom. The maximum Gasteiger partial charge on any atom is 0.417 e. The Bertz CT molecular complexity index is 591. The van der Waals surface area contributed by atoms with E-state index in [0.717, 1.165) is 23.5 Å². The molecule has 0 fully saturated rings. The third-order valence-corrected chi connectivity index (χ3v) is 3.11. The summed E-state index contributed by atoms with van der Waals surface area (Å²) in [4.78, 5) is 14.4. The monoisotopic (exact) mass is 275 g/mol. The first-order valence-corrected chi connectivity index (χ1v) is 5.51. The van der Waals surface area contributed by atoms with E-state index in [4.69, 9.17) is 0 Å². The van der Waals surface area contributed by atoms with E-state index in [1.807, 2.05) is 0 Å². The smallest absolute Gasteiger partial charge is 0.297 e. The zero-order valence-corrected chi connectivity index (χ0v) is 9.48. The Morgan fingerprint density at radius 2 is 2.00 bits per heavy atom. The summed E-state index contributed by atoms with van der Waals surface area (Å²) in [5.74, 6) is -0.974. The topological polar surface area (TPSA) is 30.0 Å². The van der Waals surface area contributed by atoms with Gasteiger partial charge in [0.05, 0.1) is 10.4 Å². The lowest BCUT2D eigenvalue weighted by Crippen LogP contribution is -2.07. The molecule has 0 saturated heterocycles. The molecule has 0 aliphatic carbocycles. The van der Waals surface area contributed by atoms with Gasteiger partial charge in [0.2, 0.25) is 0 Å². The average Bonchev–Trinajstić information content (AvgIpc) is 2.76. The molecule has 0 amide bonds. The van der Waals surface area contributed by atoms with E-state index in [1.54, 1.807) is 0 Å². The van der Waals surface area contributed by atoms with Gasteiger partial charge in [-0.2, -0.15) is 13.2 Å². The lowest BCUT2D eigenvalue weighted by Gasteiger charge is -2.10. The van der Waals surface area contributed by atoms with Gasteiger partial charge in [-0.15, -0.1) is 11.3 Å². The van der Waals surface area contributed by atoms with Gasteiger partial charge in [0.1, 0.15) is 10.8 Å². The van der Waals surface area contributed by atoms with Gasteiger partial charge < -0.3 is 0 Å². The Morgan fingerprint density at radius 1 is 1.28 bits per heavy atom. The molecule has 0 unspecified atom stereocenters. The van der Waals surface area contributed by atoms with Crippen molar-refractivity contribution in [2.45, 2.75) is 6.18 Å². The van der Waals surface area contributed by atoms with Gasteiger partial charge in [0, 0.05) is 11.8 Å². The summed E-state index contributed by atoms with van der Waals surface area (Å²) >= 11 is 0.820. The highest BCUT2D eigenvalue weighted by atomic mass is 32.1. The van der Waals surface area contributed by atoms with Crippen molar-refractivity contribution in [1.82, 2.24) is 4.98 Å². The van der Waals surface area contributed by atoms with E-state index in [9.17, 15) is 22.4 Å². The normalized spacial score (nSPS) is 11.6. The van der Waals surface area contributed by atoms with E-state index in [1.165, 1.54) is 6.20 Å². The number of alkyl halides is 3. The van der Waals surface area contributed by atoms with Crippen molar-refractivity contribution < 1.29 is 22.4 Å².